The van der Waals surface area contributed by atoms with Crippen LogP contribution in [0.3, 0.4) is 0 Å². The lowest BCUT2D eigenvalue weighted by Gasteiger charge is -2.15. The van der Waals surface area contributed by atoms with E-state index in [-0.39, 0.29) is 12.3 Å². The fourth-order valence-corrected chi connectivity index (χ4v) is 2.04. The lowest BCUT2D eigenvalue weighted by atomic mass is 10.1. The van der Waals surface area contributed by atoms with Gasteiger partial charge >= 0.3 is 5.97 Å². The number of amides is 1. The van der Waals surface area contributed by atoms with E-state index in [0.717, 1.165) is 18.5 Å². The Hall–Kier alpha value is -1.92. The van der Waals surface area contributed by atoms with E-state index in [4.69, 9.17) is 0 Å². The monoisotopic (exact) mass is 307 g/mol. The summed E-state index contributed by atoms with van der Waals surface area (Å²) in [6.45, 7) is 3.36. The third-order valence-electron chi connectivity index (χ3n) is 3.16. The number of carboxylic acids is 1. The van der Waals surface area contributed by atoms with Gasteiger partial charge in [0.05, 0.1) is 6.42 Å². The van der Waals surface area contributed by atoms with Crippen molar-refractivity contribution in [1.82, 2.24) is 10.2 Å². The Morgan fingerprint density at radius 2 is 2.05 bits per heavy atom. The second-order valence-corrected chi connectivity index (χ2v) is 5.62. The molecule has 0 fully saturated rings. The molecule has 122 valence electrons. The van der Waals surface area contributed by atoms with Gasteiger partial charge in [-0.2, -0.15) is 0 Å². The summed E-state index contributed by atoms with van der Waals surface area (Å²) in [4.78, 5) is 25.2. The number of rotatable bonds is 9. The Morgan fingerprint density at radius 3 is 2.64 bits per heavy atom. The van der Waals surface area contributed by atoms with Crippen LogP contribution in [0.2, 0.25) is 0 Å². The Balaban J connectivity index is 2.45. The third kappa shape index (κ3) is 7.19. The molecule has 1 aromatic carbocycles. The van der Waals surface area contributed by atoms with Crippen LogP contribution in [-0.2, 0) is 9.59 Å². The molecular formula is C16H25N3O3. The number of benzene rings is 1. The van der Waals surface area contributed by atoms with Crippen molar-refractivity contribution in [2.75, 3.05) is 32.5 Å². The van der Waals surface area contributed by atoms with Gasteiger partial charge in [-0.3, -0.25) is 9.59 Å². The van der Waals surface area contributed by atoms with Gasteiger partial charge in [-0.15, -0.1) is 0 Å². The number of hydrogen-bond acceptors (Lipinski definition) is 4. The molecule has 3 N–H and O–H groups in total. The van der Waals surface area contributed by atoms with Gasteiger partial charge in [0.2, 0.25) is 5.91 Å². The van der Waals surface area contributed by atoms with Crippen LogP contribution < -0.4 is 10.6 Å². The van der Waals surface area contributed by atoms with Crippen LogP contribution in [0.5, 0.6) is 0 Å². The summed E-state index contributed by atoms with van der Waals surface area (Å²) in [6.07, 6.45) is 0.738. The summed E-state index contributed by atoms with van der Waals surface area (Å²) in [5.41, 5.74) is 1.72. The number of nitrogens with zero attached hydrogens (tertiary/aromatic N) is 1. The molecule has 0 aromatic heterocycles. The number of aliphatic carboxylic acids is 1. The summed E-state index contributed by atoms with van der Waals surface area (Å²) in [6, 6.07) is 6.54. The molecule has 0 aliphatic heterocycles. The highest BCUT2D eigenvalue weighted by molar-refractivity contribution is 5.94. The van der Waals surface area contributed by atoms with E-state index in [9.17, 15) is 14.7 Å². The predicted molar refractivity (Wildman–Crippen MR) is 87.0 cm³/mol. The molecule has 6 nitrogen and oxygen atoms in total. The first-order valence-corrected chi connectivity index (χ1v) is 7.36. The molecule has 0 aliphatic carbocycles. The molecule has 0 spiro atoms. The van der Waals surface area contributed by atoms with Gasteiger partial charge in [-0.25, -0.2) is 0 Å². The SMILES string of the molecule is Cc1cccc(NC(=O)C[C@@H](NCCCN(C)C)C(=O)O)c1. The standard InChI is InChI=1S/C16H25N3O3/c1-12-6-4-7-13(10-12)18-15(20)11-14(16(21)22)17-8-5-9-19(2)3/h4,6-7,10,14,17H,5,8-9,11H2,1-3H3,(H,18,20)(H,21,22)/t14-/m1/s1. The topological polar surface area (TPSA) is 81.7 Å². The highest BCUT2D eigenvalue weighted by Gasteiger charge is 2.20. The molecule has 1 amide bonds. The van der Waals surface area contributed by atoms with Gasteiger partial charge in [-0.1, -0.05) is 12.1 Å². The Labute approximate surface area is 131 Å². The zero-order chi connectivity index (χ0) is 16.5. The maximum Gasteiger partial charge on any atom is 0.321 e. The smallest absolute Gasteiger partial charge is 0.321 e. The van der Waals surface area contributed by atoms with Gasteiger partial charge in [0.1, 0.15) is 6.04 Å². The minimum absolute atomic E-state index is 0.0920. The molecule has 6 heteroatoms. The highest BCUT2D eigenvalue weighted by Crippen LogP contribution is 2.10. The molecule has 22 heavy (non-hydrogen) atoms. The highest BCUT2D eigenvalue weighted by atomic mass is 16.4. The first kappa shape index (κ1) is 18.1. The minimum atomic E-state index is -1.01. The van der Waals surface area contributed by atoms with E-state index in [1.54, 1.807) is 6.07 Å². The van der Waals surface area contributed by atoms with Crippen LogP contribution >= 0.6 is 0 Å². The van der Waals surface area contributed by atoms with Crippen molar-refractivity contribution >= 4 is 17.6 Å². The third-order valence-corrected chi connectivity index (χ3v) is 3.16. The van der Waals surface area contributed by atoms with Crippen molar-refractivity contribution in [2.24, 2.45) is 0 Å². The average molecular weight is 307 g/mol. The summed E-state index contributed by atoms with van der Waals surface area (Å²) in [7, 11) is 3.92. The van der Waals surface area contributed by atoms with Crippen LogP contribution in [-0.4, -0.2) is 55.1 Å². The summed E-state index contributed by atoms with van der Waals surface area (Å²) in [5, 5.41) is 14.8. The van der Waals surface area contributed by atoms with Crippen molar-refractivity contribution < 1.29 is 14.7 Å². The number of hydrogen-bond donors (Lipinski definition) is 3. The number of carboxylic acid groups (broad SMARTS) is 1. The molecule has 0 saturated carbocycles. The van der Waals surface area contributed by atoms with Gasteiger partial charge < -0.3 is 20.6 Å². The maximum absolute atomic E-state index is 12.0. The molecule has 0 bridgehead atoms. The number of carbonyl (C=O) groups excluding carboxylic acids is 1. The summed E-state index contributed by atoms with van der Waals surface area (Å²) >= 11 is 0. The largest absolute Gasteiger partial charge is 0.480 e. The van der Waals surface area contributed by atoms with E-state index in [1.807, 2.05) is 44.1 Å². The second kappa shape index (κ2) is 9.17. The predicted octanol–water partition coefficient (Wildman–Crippen LogP) is 1.32. The normalized spacial score (nSPS) is 12.2. The number of nitrogens with one attached hydrogen (secondary N) is 2. The number of anilines is 1. The van der Waals surface area contributed by atoms with Crippen molar-refractivity contribution in [3.63, 3.8) is 0 Å². The lowest BCUT2D eigenvalue weighted by Crippen LogP contribution is -2.40. The quantitative estimate of drug-likeness (QED) is 0.599. The van der Waals surface area contributed by atoms with E-state index in [1.165, 1.54) is 0 Å². The maximum atomic E-state index is 12.0. The second-order valence-electron chi connectivity index (χ2n) is 5.62. The van der Waals surface area contributed by atoms with Crippen molar-refractivity contribution in [3.05, 3.63) is 29.8 Å². The van der Waals surface area contributed by atoms with E-state index < -0.39 is 12.0 Å². The van der Waals surface area contributed by atoms with Crippen LogP contribution in [0.4, 0.5) is 5.69 Å². The first-order chi connectivity index (χ1) is 10.4. The fraction of sp³-hybridized carbons (Fsp3) is 0.500. The lowest BCUT2D eigenvalue weighted by molar-refractivity contribution is -0.141. The van der Waals surface area contributed by atoms with Gasteiger partial charge in [-0.05, 0) is 58.2 Å². The zero-order valence-electron chi connectivity index (χ0n) is 13.4. The molecule has 1 aromatic rings. The molecule has 1 atom stereocenters. The Morgan fingerprint density at radius 1 is 1.32 bits per heavy atom. The fourth-order valence-electron chi connectivity index (χ4n) is 2.04. The van der Waals surface area contributed by atoms with E-state index in [0.29, 0.717) is 12.2 Å². The van der Waals surface area contributed by atoms with Gasteiger partial charge in [0, 0.05) is 5.69 Å². The zero-order valence-corrected chi connectivity index (χ0v) is 13.4. The van der Waals surface area contributed by atoms with Gasteiger partial charge in [0.15, 0.2) is 0 Å². The van der Waals surface area contributed by atoms with Crippen molar-refractivity contribution in [3.8, 4) is 0 Å². The average Bonchev–Trinajstić information content (AvgIpc) is 2.41. The molecule has 0 saturated heterocycles. The van der Waals surface area contributed by atoms with Gasteiger partial charge in [0.25, 0.3) is 0 Å². The first-order valence-electron chi connectivity index (χ1n) is 7.36. The van der Waals surface area contributed by atoms with Crippen LogP contribution in [0.15, 0.2) is 24.3 Å². The van der Waals surface area contributed by atoms with E-state index >= 15 is 0 Å². The Bertz CT molecular complexity index is 503. The number of aryl methyl sites for hydroxylation is 1. The van der Waals surface area contributed by atoms with Crippen LogP contribution in [0, 0.1) is 6.92 Å². The molecule has 1 rings (SSSR count). The Kier molecular flexibility index (Phi) is 7.56. The molecular weight excluding hydrogens is 282 g/mol. The molecule has 0 aliphatic rings. The summed E-state index contributed by atoms with van der Waals surface area (Å²) < 4.78 is 0. The molecule has 0 unspecified atom stereocenters. The van der Waals surface area contributed by atoms with Crippen molar-refractivity contribution in [1.29, 1.82) is 0 Å². The number of carbonyl (C=O) groups is 2. The minimum Gasteiger partial charge on any atom is -0.480 e. The summed E-state index contributed by atoms with van der Waals surface area (Å²) in [5.74, 6) is -1.32. The van der Waals surface area contributed by atoms with Crippen LogP contribution in [0.1, 0.15) is 18.4 Å². The molecule has 0 radical (unpaired) electrons. The van der Waals surface area contributed by atoms with E-state index in [2.05, 4.69) is 10.6 Å². The van der Waals surface area contributed by atoms with Crippen molar-refractivity contribution in [2.45, 2.75) is 25.8 Å². The van der Waals surface area contributed by atoms with Crippen LogP contribution in [0.25, 0.3) is 0 Å². The molecule has 0 heterocycles.